The molecule has 0 radical (unpaired) electrons. The van der Waals surface area contributed by atoms with E-state index in [0.29, 0.717) is 11.8 Å². The number of para-hydroxylation sites is 1. The summed E-state index contributed by atoms with van der Waals surface area (Å²) in [6.07, 6.45) is 0. The molecule has 0 saturated carbocycles. The first-order valence-electron chi connectivity index (χ1n) is 11.0. The summed E-state index contributed by atoms with van der Waals surface area (Å²) in [5.41, 5.74) is 3.28. The van der Waals surface area contributed by atoms with Gasteiger partial charge in [0.2, 0.25) is 17.5 Å². The molecule has 0 saturated heterocycles. The highest BCUT2D eigenvalue weighted by atomic mass is 16.5. The van der Waals surface area contributed by atoms with Gasteiger partial charge in [-0.05, 0) is 35.4 Å². The number of nitrogens with zero attached hydrogens (tertiary/aromatic N) is 2. The van der Waals surface area contributed by atoms with Crippen LogP contribution in [0.3, 0.4) is 0 Å². The Hall–Kier alpha value is -3.86. The third kappa shape index (κ3) is 3.69. The fourth-order valence-electron chi connectivity index (χ4n) is 4.12. The van der Waals surface area contributed by atoms with E-state index in [1.807, 2.05) is 24.3 Å². The van der Waals surface area contributed by atoms with Crippen molar-refractivity contribution in [1.82, 2.24) is 9.97 Å². The second-order valence-electron chi connectivity index (χ2n) is 9.36. The van der Waals surface area contributed by atoms with Crippen molar-refractivity contribution >= 4 is 0 Å². The SMILES string of the molecule is CC1(C)c2cccc(c2)C(C)(C)c2cccc(n2)Oc2cccc(c2O)Oc2cccc1n2. The van der Waals surface area contributed by atoms with Crippen LogP contribution in [0, 0.1) is 0 Å². The summed E-state index contributed by atoms with van der Waals surface area (Å²) in [4.78, 5) is 9.55. The van der Waals surface area contributed by atoms with E-state index in [0.717, 1.165) is 22.5 Å². The Kier molecular flexibility index (Phi) is 4.85. The van der Waals surface area contributed by atoms with Gasteiger partial charge in [0, 0.05) is 23.0 Å². The fraction of sp³-hybridized carbons (Fsp3) is 0.214. The van der Waals surface area contributed by atoms with Gasteiger partial charge in [-0.3, -0.25) is 0 Å². The third-order valence-electron chi connectivity index (χ3n) is 6.42. The molecule has 1 aliphatic rings. The Bertz CT molecular complexity index is 1250. The monoisotopic (exact) mass is 438 g/mol. The van der Waals surface area contributed by atoms with Crippen molar-refractivity contribution < 1.29 is 14.6 Å². The van der Waals surface area contributed by atoms with Gasteiger partial charge >= 0.3 is 0 Å². The van der Waals surface area contributed by atoms with Gasteiger partial charge in [-0.2, -0.15) is 0 Å². The zero-order valence-electron chi connectivity index (χ0n) is 19.2. The number of phenolic OH excluding ortho intramolecular Hbond substituents is 1. The summed E-state index contributed by atoms with van der Waals surface area (Å²) in [6, 6.07) is 25.1. The zero-order chi connectivity index (χ0) is 23.2. The average Bonchev–Trinajstić information content (AvgIpc) is 2.82. The lowest BCUT2D eigenvalue weighted by atomic mass is 9.76. The van der Waals surface area contributed by atoms with Crippen LogP contribution in [0.2, 0.25) is 0 Å². The van der Waals surface area contributed by atoms with E-state index in [1.54, 1.807) is 30.3 Å². The van der Waals surface area contributed by atoms with Crippen LogP contribution in [-0.4, -0.2) is 15.1 Å². The molecule has 0 fully saturated rings. The molecule has 2 aromatic heterocycles. The van der Waals surface area contributed by atoms with E-state index in [4.69, 9.17) is 19.4 Å². The first kappa shape index (κ1) is 21.0. The number of phenols is 1. The Labute approximate surface area is 193 Å². The number of hydrogen-bond donors (Lipinski definition) is 1. The van der Waals surface area contributed by atoms with Crippen molar-refractivity contribution in [1.29, 1.82) is 0 Å². The summed E-state index contributed by atoms with van der Waals surface area (Å²) in [5, 5.41) is 10.8. The molecule has 0 spiro atoms. The molecule has 2 aromatic carbocycles. The molecule has 8 bridgehead atoms. The first-order valence-corrected chi connectivity index (χ1v) is 11.0. The number of hydrogen-bond acceptors (Lipinski definition) is 5. The van der Waals surface area contributed by atoms with E-state index in [1.165, 1.54) is 0 Å². The molecule has 4 aromatic rings. The van der Waals surface area contributed by atoms with Gasteiger partial charge in [-0.1, -0.05) is 70.2 Å². The number of aromatic hydroxyl groups is 1. The van der Waals surface area contributed by atoms with Crippen molar-refractivity contribution in [2.24, 2.45) is 0 Å². The van der Waals surface area contributed by atoms with Gasteiger partial charge in [0.05, 0.1) is 11.4 Å². The van der Waals surface area contributed by atoms with Crippen molar-refractivity contribution in [2.75, 3.05) is 0 Å². The normalized spacial score (nSPS) is 15.8. The predicted molar refractivity (Wildman–Crippen MR) is 127 cm³/mol. The lowest BCUT2D eigenvalue weighted by Crippen LogP contribution is -2.24. The van der Waals surface area contributed by atoms with Crippen molar-refractivity contribution in [2.45, 2.75) is 38.5 Å². The molecular formula is C28H26N2O3. The van der Waals surface area contributed by atoms with Gasteiger partial charge in [0.15, 0.2) is 11.5 Å². The molecule has 0 aliphatic carbocycles. The molecule has 1 aliphatic heterocycles. The molecule has 0 atom stereocenters. The minimum Gasteiger partial charge on any atom is -0.502 e. The van der Waals surface area contributed by atoms with E-state index in [2.05, 4.69) is 52.0 Å². The number of ether oxygens (including phenoxy) is 2. The lowest BCUT2D eigenvalue weighted by molar-refractivity contribution is 0.367. The summed E-state index contributed by atoms with van der Waals surface area (Å²) in [6.45, 7) is 8.61. The topological polar surface area (TPSA) is 64.5 Å². The van der Waals surface area contributed by atoms with Crippen LogP contribution in [0.1, 0.15) is 50.2 Å². The molecule has 166 valence electrons. The van der Waals surface area contributed by atoms with E-state index in [-0.39, 0.29) is 28.1 Å². The lowest BCUT2D eigenvalue weighted by Gasteiger charge is -2.30. The standard InChI is InChI=1S/C28H26N2O3/c1-27(2)18-9-5-10-19(17-18)28(3,4)23-14-8-16-25(30-23)33-21-12-6-11-20(26(21)31)32-24-15-7-13-22(27)29-24/h5-17,31H,1-4H3. The highest BCUT2D eigenvalue weighted by molar-refractivity contribution is 5.52. The molecule has 1 N–H and O–H groups in total. The molecule has 3 heterocycles. The van der Waals surface area contributed by atoms with Gasteiger partial charge in [0.1, 0.15) is 0 Å². The predicted octanol–water partition coefficient (Wildman–Crippen LogP) is 6.73. The van der Waals surface area contributed by atoms with Gasteiger partial charge < -0.3 is 14.6 Å². The van der Waals surface area contributed by atoms with Crippen LogP contribution in [0.5, 0.6) is 29.0 Å². The first-order chi connectivity index (χ1) is 15.7. The van der Waals surface area contributed by atoms with E-state index < -0.39 is 0 Å². The second kappa shape index (κ2) is 7.62. The summed E-state index contributed by atoms with van der Waals surface area (Å²) >= 11 is 0. The molecule has 33 heavy (non-hydrogen) atoms. The molecular weight excluding hydrogens is 412 g/mol. The second-order valence-corrected chi connectivity index (χ2v) is 9.36. The van der Waals surface area contributed by atoms with Crippen molar-refractivity contribution in [3.63, 3.8) is 0 Å². The minimum atomic E-state index is -0.370. The van der Waals surface area contributed by atoms with Crippen molar-refractivity contribution in [3.8, 4) is 29.0 Å². The van der Waals surface area contributed by atoms with Crippen molar-refractivity contribution in [3.05, 3.63) is 101 Å². The number of benzene rings is 2. The summed E-state index contributed by atoms with van der Waals surface area (Å²) in [7, 11) is 0. The molecule has 5 heteroatoms. The zero-order valence-corrected chi connectivity index (χ0v) is 19.2. The molecule has 5 rings (SSSR count). The van der Waals surface area contributed by atoms with E-state index >= 15 is 0 Å². The number of aromatic nitrogens is 2. The summed E-state index contributed by atoms with van der Waals surface area (Å²) < 4.78 is 11.9. The number of pyridine rings is 2. The molecule has 0 amide bonds. The minimum absolute atomic E-state index is 0.104. The van der Waals surface area contributed by atoms with Crippen LogP contribution in [0.4, 0.5) is 0 Å². The highest BCUT2D eigenvalue weighted by Crippen LogP contribution is 2.42. The van der Waals surface area contributed by atoms with Gasteiger partial charge in [0.25, 0.3) is 0 Å². The highest BCUT2D eigenvalue weighted by Gasteiger charge is 2.30. The Morgan fingerprint density at radius 2 is 1.03 bits per heavy atom. The third-order valence-corrected chi connectivity index (χ3v) is 6.42. The Morgan fingerprint density at radius 1 is 0.606 bits per heavy atom. The van der Waals surface area contributed by atoms with Gasteiger partial charge in [-0.25, -0.2) is 9.97 Å². The van der Waals surface area contributed by atoms with Gasteiger partial charge in [-0.15, -0.1) is 0 Å². The quantitative estimate of drug-likeness (QED) is 0.330. The fourth-order valence-corrected chi connectivity index (χ4v) is 4.12. The largest absolute Gasteiger partial charge is 0.502 e. The molecule has 0 unspecified atom stereocenters. The maximum Gasteiger partial charge on any atom is 0.219 e. The van der Waals surface area contributed by atoms with Crippen LogP contribution in [0.25, 0.3) is 0 Å². The number of fused-ring (bicyclic) bond motifs is 8. The van der Waals surface area contributed by atoms with Crippen LogP contribution in [0.15, 0.2) is 78.9 Å². The maximum absolute atomic E-state index is 10.8. The smallest absolute Gasteiger partial charge is 0.219 e. The Balaban J connectivity index is 1.75. The van der Waals surface area contributed by atoms with E-state index in [9.17, 15) is 5.11 Å². The number of rotatable bonds is 0. The van der Waals surface area contributed by atoms with Crippen LogP contribution >= 0.6 is 0 Å². The maximum atomic E-state index is 10.8. The summed E-state index contributed by atoms with van der Waals surface area (Å²) in [5.74, 6) is 1.22. The average molecular weight is 439 g/mol. The van der Waals surface area contributed by atoms with Crippen LogP contribution < -0.4 is 9.47 Å². The van der Waals surface area contributed by atoms with Crippen LogP contribution in [-0.2, 0) is 10.8 Å². The Morgan fingerprint density at radius 3 is 1.52 bits per heavy atom. The molecule has 5 nitrogen and oxygen atoms in total.